The van der Waals surface area contributed by atoms with Crippen molar-refractivity contribution in [3.05, 3.63) is 242 Å². The summed E-state index contributed by atoms with van der Waals surface area (Å²) in [5.74, 6) is 0. The largest absolute Gasteiger partial charge is 0.309 e. The maximum atomic E-state index is 2.48. The molecule has 0 amide bonds. The Labute approximate surface area is 422 Å². The SMILES string of the molecule is CC(C)(C)c1ccc2c(-c3ccc(-c4ccc5c(c4)c4ccccc4n5-c4ccccc4)cc3)c3cc(C(C)(C)C)ccc3c(-c3ccc(-c4ccc5c(c4)c4ccccc4n5-c4ccccc4)cc3)c2c1. The zero-order valence-corrected chi connectivity index (χ0v) is 41.8. The van der Waals surface area contributed by atoms with Crippen molar-refractivity contribution in [3.8, 4) is 55.9 Å². The molecule has 72 heavy (non-hydrogen) atoms. The van der Waals surface area contributed by atoms with Crippen LogP contribution in [0.4, 0.5) is 0 Å². The van der Waals surface area contributed by atoms with Crippen molar-refractivity contribution in [2.75, 3.05) is 0 Å². The van der Waals surface area contributed by atoms with Crippen LogP contribution in [-0.4, -0.2) is 9.13 Å². The van der Waals surface area contributed by atoms with Crippen LogP contribution >= 0.6 is 0 Å². The molecule has 0 bridgehead atoms. The third-order valence-electron chi connectivity index (χ3n) is 15.2. The van der Waals surface area contributed by atoms with Crippen LogP contribution in [0.1, 0.15) is 52.7 Å². The van der Waals surface area contributed by atoms with E-state index in [-0.39, 0.29) is 10.8 Å². The van der Waals surface area contributed by atoms with E-state index in [9.17, 15) is 0 Å². The van der Waals surface area contributed by atoms with Crippen molar-refractivity contribution in [3.63, 3.8) is 0 Å². The van der Waals surface area contributed by atoms with Gasteiger partial charge in [0.05, 0.1) is 22.1 Å². The average molecular weight is 925 g/mol. The Bertz CT molecular complexity index is 3950. The van der Waals surface area contributed by atoms with E-state index in [1.807, 2.05) is 0 Å². The molecule has 13 rings (SSSR count). The lowest BCUT2D eigenvalue weighted by Gasteiger charge is -2.25. The second-order valence-corrected chi connectivity index (χ2v) is 21.8. The summed E-state index contributed by atoms with van der Waals surface area (Å²) < 4.78 is 4.77. The van der Waals surface area contributed by atoms with Gasteiger partial charge in [0.2, 0.25) is 0 Å². The van der Waals surface area contributed by atoms with Crippen molar-refractivity contribution < 1.29 is 0 Å². The van der Waals surface area contributed by atoms with Gasteiger partial charge in [0, 0.05) is 32.9 Å². The lowest BCUT2D eigenvalue weighted by Crippen LogP contribution is -2.11. The van der Waals surface area contributed by atoms with Gasteiger partial charge in [-0.3, -0.25) is 0 Å². The van der Waals surface area contributed by atoms with Crippen molar-refractivity contribution in [2.45, 2.75) is 52.4 Å². The lowest BCUT2D eigenvalue weighted by molar-refractivity contribution is 0.590. The van der Waals surface area contributed by atoms with E-state index in [0.29, 0.717) is 0 Å². The highest BCUT2D eigenvalue weighted by Gasteiger charge is 2.24. The second kappa shape index (κ2) is 16.6. The highest BCUT2D eigenvalue weighted by atomic mass is 15.0. The van der Waals surface area contributed by atoms with Crippen molar-refractivity contribution in [1.82, 2.24) is 9.13 Å². The van der Waals surface area contributed by atoms with Crippen LogP contribution in [0.3, 0.4) is 0 Å². The summed E-state index contributed by atoms with van der Waals surface area (Å²) in [6.07, 6.45) is 0. The summed E-state index contributed by atoms with van der Waals surface area (Å²) in [6, 6.07) is 86.0. The zero-order valence-electron chi connectivity index (χ0n) is 41.8. The molecule has 11 aromatic carbocycles. The Balaban J connectivity index is 0.955. The normalized spacial score (nSPS) is 12.3. The van der Waals surface area contributed by atoms with Gasteiger partial charge in [0.25, 0.3) is 0 Å². The molecule has 2 heteroatoms. The molecular formula is C70H56N2. The number of rotatable bonds is 6. The van der Waals surface area contributed by atoms with Crippen LogP contribution in [0.25, 0.3) is 121 Å². The molecule has 0 atom stereocenters. The molecule has 0 aliphatic carbocycles. The molecular weight excluding hydrogens is 869 g/mol. The molecule has 2 nitrogen and oxygen atoms in total. The maximum absolute atomic E-state index is 2.48. The first-order valence-electron chi connectivity index (χ1n) is 25.4. The predicted molar refractivity (Wildman–Crippen MR) is 309 cm³/mol. The van der Waals surface area contributed by atoms with Gasteiger partial charge in [-0.2, -0.15) is 0 Å². The van der Waals surface area contributed by atoms with Gasteiger partial charge in [-0.05, 0) is 161 Å². The summed E-state index contributed by atoms with van der Waals surface area (Å²) >= 11 is 0. The molecule has 0 fully saturated rings. The molecule has 0 N–H and O–H groups in total. The van der Waals surface area contributed by atoms with E-state index in [0.717, 1.165) is 0 Å². The van der Waals surface area contributed by atoms with Crippen molar-refractivity contribution in [2.24, 2.45) is 0 Å². The fraction of sp³-hybridized carbons (Fsp3) is 0.114. The Morgan fingerprint density at radius 2 is 0.569 bits per heavy atom. The third-order valence-corrected chi connectivity index (χ3v) is 15.2. The van der Waals surface area contributed by atoms with Crippen LogP contribution < -0.4 is 0 Å². The minimum Gasteiger partial charge on any atom is -0.309 e. The average Bonchev–Trinajstić information content (AvgIpc) is 3.92. The van der Waals surface area contributed by atoms with E-state index in [1.54, 1.807) is 0 Å². The third kappa shape index (κ3) is 7.16. The number of benzene rings is 11. The second-order valence-electron chi connectivity index (χ2n) is 21.8. The van der Waals surface area contributed by atoms with Crippen molar-refractivity contribution >= 4 is 65.2 Å². The Kier molecular flexibility index (Phi) is 10.0. The minimum atomic E-state index is -0.0288. The van der Waals surface area contributed by atoms with Gasteiger partial charge in [0.15, 0.2) is 0 Å². The van der Waals surface area contributed by atoms with E-state index in [2.05, 4.69) is 281 Å². The first-order chi connectivity index (χ1) is 35.0. The summed E-state index contributed by atoms with van der Waals surface area (Å²) in [7, 11) is 0. The summed E-state index contributed by atoms with van der Waals surface area (Å²) in [6.45, 7) is 13.9. The van der Waals surface area contributed by atoms with E-state index >= 15 is 0 Å². The molecule has 0 radical (unpaired) electrons. The summed E-state index contributed by atoms with van der Waals surface area (Å²) in [5.41, 5.74) is 19.6. The first kappa shape index (κ1) is 43.6. The number of aromatic nitrogens is 2. The van der Waals surface area contributed by atoms with Crippen LogP contribution in [0, 0.1) is 0 Å². The van der Waals surface area contributed by atoms with E-state index in [4.69, 9.17) is 0 Å². The number of hydrogen-bond acceptors (Lipinski definition) is 0. The molecule has 2 heterocycles. The van der Waals surface area contributed by atoms with Gasteiger partial charge >= 0.3 is 0 Å². The molecule has 2 aromatic heterocycles. The van der Waals surface area contributed by atoms with Crippen molar-refractivity contribution in [1.29, 1.82) is 0 Å². The van der Waals surface area contributed by atoms with Gasteiger partial charge in [-0.25, -0.2) is 0 Å². The molecule has 0 saturated carbocycles. The fourth-order valence-corrected chi connectivity index (χ4v) is 11.5. The zero-order chi connectivity index (χ0) is 48.9. The molecule has 0 aliphatic rings. The minimum absolute atomic E-state index is 0.0288. The van der Waals surface area contributed by atoms with Gasteiger partial charge in [0.1, 0.15) is 0 Å². The summed E-state index contributed by atoms with van der Waals surface area (Å²) in [5, 5.41) is 10.1. The highest BCUT2D eigenvalue weighted by molar-refractivity contribution is 6.22. The molecule has 13 aromatic rings. The Morgan fingerprint density at radius 1 is 0.236 bits per heavy atom. The maximum Gasteiger partial charge on any atom is 0.0541 e. The molecule has 0 aliphatic heterocycles. The quantitative estimate of drug-likeness (QED) is 0.147. The highest BCUT2D eigenvalue weighted by Crippen LogP contribution is 2.47. The smallest absolute Gasteiger partial charge is 0.0541 e. The lowest BCUT2D eigenvalue weighted by atomic mass is 9.79. The molecule has 0 saturated heterocycles. The van der Waals surface area contributed by atoms with Crippen LogP contribution in [0.15, 0.2) is 231 Å². The number of fused-ring (bicyclic) bond motifs is 8. The predicted octanol–water partition coefficient (Wildman–Crippen LogP) is 19.5. The van der Waals surface area contributed by atoms with Crippen LogP contribution in [0.2, 0.25) is 0 Å². The standard InChI is InChI=1S/C70H56N2/c1-69(2,3)51-35-37-57-61(43-51)67(47-29-25-45(26-30-47)49-33-39-65-59(41-49)55-21-13-15-23-63(55)71(65)53-17-9-7-10-18-53)58-38-36-52(70(4,5)6)44-62(58)68(57)48-31-27-46(28-32-48)50-34-40-66-60(42-50)56-22-14-16-24-64(56)72(66)54-19-11-8-12-20-54/h7-44H,1-6H3. The number of nitrogens with zero attached hydrogens (tertiary/aromatic N) is 2. The molecule has 0 spiro atoms. The van der Waals surface area contributed by atoms with Crippen LogP contribution in [0.5, 0.6) is 0 Å². The van der Waals surface area contributed by atoms with E-state index < -0.39 is 0 Å². The Morgan fingerprint density at radius 3 is 0.958 bits per heavy atom. The number of para-hydroxylation sites is 4. The van der Waals surface area contributed by atoms with Gasteiger partial charge in [-0.1, -0.05) is 199 Å². The van der Waals surface area contributed by atoms with Crippen LogP contribution in [-0.2, 0) is 10.8 Å². The fourth-order valence-electron chi connectivity index (χ4n) is 11.5. The van der Waals surface area contributed by atoms with Gasteiger partial charge < -0.3 is 9.13 Å². The summed E-state index contributed by atoms with van der Waals surface area (Å²) in [4.78, 5) is 0. The molecule has 0 unspecified atom stereocenters. The van der Waals surface area contributed by atoms with E-state index in [1.165, 1.54) is 132 Å². The van der Waals surface area contributed by atoms with Gasteiger partial charge in [-0.15, -0.1) is 0 Å². The first-order valence-corrected chi connectivity index (χ1v) is 25.4. The Hall–Kier alpha value is -8.46. The number of hydrogen-bond donors (Lipinski definition) is 0. The monoisotopic (exact) mass is 924 g/mol. The topological polar surface area (TPSA) is 9.86 Å². The molecule has 346 valence electrons.